The van der Waals surface area contributed by atoms with Crippen LogP contribution in [0.15, 0.2) is 66.7 Å². The normalized spacial score (nSPS) is 11.9. The van der Waals surface area contributed by atoms with Crippen LogP contribution in [0.5, 0.6) is 0 Å². The summed E-state index contributed by atoms with van der Waals surface area (Å²) in [5.74, 6) is 0. The van der Waals surface area contributed by atoms with Gasteiger partial charge in [-0.1, -0.05) is 80.6 Å². The molecule has 2 aromatic rings. The van der Waals surface area contributed by atoms with E-state index in [0.717, 1.165) is 32.4 Å². The summed E-state index contributed by atoms with van der Waals surface area (Å²) in [6.45, 7) is 7.99. The number of hydrogen-bond donors (Lipinski definition) is 0. The monoisotopic (exact) mass is 321 g/mol. The summed E-state index contributed by atoms with van der Waals surface area (Å²) < 4.78 is 0. The van der Waals surface area contributed by atoms with Crippen LogP contribution in [0.1, 0.15) is 44.2 Å². The molecule has 0 heterocycles. The van der Waals surface area contributed by atoms with E-state index in [1.54, 1.807) is 0 Å². The quantitative estimate of drug-likeness (QED) is 0.498. The van der Waals surface area contributed by atoms with Crippen LogP contribution in [0, 0.1) is 0 Å². The lowest BCUT2D eigenvalue weighted by Gasteiger charge is -2.17. The van der Waals surface area contributed by atoms with Gasteiger partial charge in [0.1, 0.15) is 0 Å². The van der Waals surface area contributed by atoms with E-state index in [2.05, 4.69) is 85.5 Å². The number of allylic oxidation sites excluding steroid dienone is 2. The van der Waals surface area contributed by atoms with Crippen molar-refractivity contribution >= 4 is 5.57 Å². The molecule has 0 saturated heterocycles. The van der Waals surface area contributed by atoms with E-state index in [1.807, 2.05) is 0 Å². The first-order valence-electron chi connectivity index (χ1n) is 9.34. The Hall–Kier alpha value is -1.86. The molecule has 0 unspecified atom stereocenters. The summed E-state index contributed by atoms with van der Waals surface area (Å²) in [6, 6.07) is 21.7. The Balaban J connectivity index is 1.96. The van der Waals surface area contributed by atoms with Crippen LogP contribution in [0.25, 0.3) is 5.57 Å². The second-order valence-corrected chi connectivity index (χ2v) is 6.25. The Morgan fingerprint density at radius 1 is 0.875 bits per heavy atom. The van der Waals surface area contributed by atoms with Crippen molar-refractivity contribution in [2.45, 2.75) is 39.5 Å². The second-order valence-electron chi connectivity index (χ2n) is 6.25. The second kappa shape index (κ2) is 10.8. The number of rotatable bonds is 10. The van der Waals surface area contributed by atoms with Crippen molar-refractivity contribution in [2.24, 2.45) is 0 Å². The predicted molar refractivity (Wildman–Crippen MR) is 106 cm³/mol. The number of aryl methyl sites for hydroxylation is 1. The van der Waals surface area contributed by atoms with Crippen molar-refractivity contribution in [3.63, 3.8) is 0 Å². The van der Waals surface area contributed by atoms with Gasteiger partial charge in [0.05, 0.1) is 0 Å². The molecule has 0 aromatic heterocycles. The average molecular weight is 322 g/mol. The molecule has 0 aliphatic rings. The molecule has 0 aliphatic carbocycles. The van der Waals surface area contributed by atoms with Gasteiger partial charge in [-0.2, -0.15) is 0 Å². The van der Waals surface area contributed by atoms with E-state index < -0.39 is 0 Å². The molecule has 0 aliphatic heterocycles. The lowest BCUT2D eigenvalue weighted by molar-refractivity contribution is 0.301. The molecule has 1 nitrogen and oxygen atoms in total. The highest BCUT2D eigenvalue weighted by Crippen LogP contribution is 2.21. The summed E-state index contributed by atoms with van der Waals surface area (Å²) in [6.07, 6.45) is 7.08. The van der Waals surface area contributed by atoms with Crippen molar-refractivity contribution in [2.75, 3.05) is 19.6 Å². The molecule has 0 bridgehead atoms. The van der Waals surface area contributed by atoms with Gasteiger partial charge in [0, 0.05) is 0 Å². The van der Waals surface area contributed by atoms with E-state index in [4.69, 9.17) is 0 Å². The standard InChI is InChI=1S/C23H31N/c1-3-24(4-2)20-12-11-17-23(22-15-9-6-10-16-22)19-18-21-13-7-5-8-14-21/h5-10,13-17H,3-4,11-12,18-20H2,1-2H3/b23-17-. The third-order valence-corrected chi connectivity index (χ3v) is 4.63. The third kappa shape index (κ3) is 6.33. The van der Waals surface area contributed by atoms with E-state index in [0.29, 0.717) is 0 Å². The van der Waals surface area contributed by atoms with Gasteiger partial charge in [0.25, 0.3) is 0 Å². The van der Waals surface area contributed by atoms with Gasteiger partial charge in [-0.15, -0.1) is 0 Å². The summed E-state index contributed by atoms with van der Waals surface area (Å²) in [7, 11) is 0. The molecule has 1 heteroatoms. The van der Waals surface area contributed by atoms with Crippen LogP contribution in [0.2, 0.25) is 0 Å². The van der Waals surface area contributed by atoms with Gasteiger partial charge in [-0.05, 0) is 62.0 Å². The zero-order valence-electron chi connectivity index (χ0n) is 15.2. The molecule has 0 amide bonds. The van der Waals surface area contributed by atoms with Gasteiger partial charge in [0.15, 0.2) is 0 Å². The number of hydrogen-bond acceptors (Lipinski definition) is 1. The first-order valence-corrected chi connectivity index (χ1v) is 9.34. The highest BCUT2D eigenvalue weighted by molar-refractivity contribution is 5.65. The van der Waals surface area contributed by atoms with E-state index >= 15 is 0 Å². The van der Waals surface area contributed by atoms with Crippen molar-refractivity contribution in [1.29, 1.82) is 0 Å². The molecule has 2 rings (SSSR count). The van der Waals surface area contributed by atoms with Crippen LogP contribution in [0.3, 0.4) is 0 Å². The van der Waals surface area contributed by atoms with Crippen LogP contribution < -0.4 is 0 Å². The maximum atomic E-state index is 2.50. The van der Waals surface area contributed by atoms with Crippen LogP contribution in [-0.4, -0.2) is 24.5 Å². The Bertz CT molecular complexity index is 582. The summed E-state index contributed by atoms with van der Waals surface area (Å²) >= 11 is 0. The topological polar surface area (TPSA) is 3.24 Å². The van der Waals surface area contributed by atoms with Crippen molar-refractivity contribution in [1.82, 2.24) is 4.90 Å². The Labute approximate surface area is 148 Å². The molecule has 24 heavy (non-hydrogen) atoms. The summed E-state index contributed by atoms with van der Waals surface area (Å²) in [4.78, 5) is 2.50. The van der Waals surface area contributed by atoms with Gasteiger partial charge in [-0.3, -0.25) is 0 Å². The van der Waals surface area contributed by atoms with Gasteiger partial charge < -0.3 is 4.90 Å². The molecule has 128 valence electrons. The highest BCUT2D eigenvalue weighted by Gasteiger charge is 2.03. The SMILES string of the molecule is CCN(CC)CCC/C=C(/CCc1ccccc1)c1ccccc1. The fourth-order valence-electron chi connectivity index (χ4n) is 3.07. The minimum Gasteiger partial charge on any atom is -0.304 e. The van der Waals surface area contributed by atoms with E-state index in [-0.39, 0.29) is 0 Å². The summed E-state index contributed by atoms with van der Waals surface area (Å²) in [5.41, 5.74) is 4.28. The predicted octanol–water partition coefficient (Wildman–Crippen LogP) is 5.82. The number of unbranched alkanes of at least 4 members (excludes halogenated alkanes) is 1. The highest BCUT2D eigenvalue weighted by atomic mass is 15.1. The zero-order valence-corrected chi connectivity index (χ0v) is 15.2. The van der Waals surface area contributed by atoms with Crippen molar-refractivity contribution < 1.29 is 0 Å². The van der Waals surface area contributed by atoms with Crippen molar-refractivity contribution in [3.8, 4) is 0 Å². The number of nitrogens with zero attached hydrogens (tertiary/aromatic N) is 1. The minimum atomic E-state index is 1.11. The molecule has 0 saturated carbocycles. The molecular weight excluding hydrogens is 290 g/mol. The molecular formula is C23H31N. The Morgan fingerprint density at radius 2 is 1.50 bits per heavy atom. The largest absolute Gasteiger partial charge is 0.304 e. The fraction of sp³-hybridized carbons (Fsp3) is 0.391. The van der Waals surface area contributed by atoms with Crippen molar-refractivity contribution in [3.05, 3.63) is 77.9 Å². The molecule has 0 spiro atoms. The van der Waals surface area contributed by atoms with E-state index in [9.17, 15) is 0 Å². The molecule has 0 radical (unpaired) electrons. The molecule has 2 aromatic carbocycles. The maximum absolute atomic E-state index is 2.50. The molecule has 0 fully saturated rings. The lowest BCUT2D eigenvalue weighted by atomic mass is 9.97. The average Bonchev–Trinajstić information content (AvgIpc) is 2.66. The smallest absolute Gasteiger partial charge is 0.00160 e. The van der Waals surface area contributed by atoms with Crippen LogP contribution in [0.4, 0.5) is 0 Å². The van der Waals surface area contributed by atoms with Crippen LogP contribution in [-0.2, 0) is 6.42 Å². The lowest BCUT2D eigenvalue weighted by Crippen LogP contribution is -2.23. The first kappa shape index (κ1) is 18.5. The molecule has 0 atom stereocenters. The minimum absolute atomic E-state index is 1.11. The first-order chi connectivity index (χ1) is 11.8. The Morgan fingerprint density at radius 3 is 2.12 bits per heavy atom. The molecule has 0 N–H and O–H groups in total. The maximum Gasteiger partial charge on any atom is -0.00160 e. The Kier molecular flexibility index (Phi) is 8.34. The van der Waals surface area contributed by atoms with Gasteiger partial charge in [-0.25, -0.2) is 0 Å². The zero-order chi connectivity index (χ0) is 17.0. The van der Waals surface area contributed by atoms with E-state index in [1.165, 1.54) is 29.7 Å². The third-order valence-electron chi connectivity index (χ3n) is 4.63. The fourth-order valence-corrected chi connectivity index (χ4v) is 3.07. The summed E-state index contributed by atoms with van der Waals surface area (Å²) in [5, 5.41) is 0. The number of benzene rings is 2. The van der Waals surface area contributed by atoms with Gasteiger partial charge >= 0.3 is 0 Å². The van der Waals surface area contributed by atoms with Crippen LogP contribution >= 0.6 is 0 Å². The van der Waals surface area contributed by atoms with Gasteiger partial charge in [0.2, 0.25) is 0 Å².